The van der Waals surface area contributed by atoms with Crippen LogP contribution in [0.2, 0.25) is 22.2 Å². The van der Waals surface area contributed by atoms with Gasteiger partial charge in [-0.1, -0.05) is 55.4 Å². The molecule has 0 aliphatic carbocycles. The highest BCUT2D eigenvalue weighted by atomic mass is 28.5. The molecular weight excluding hydrogens is 470 g/mol. The van der Waals surface area contributed by atoms with Crippen molar-refractivity contribution >= 4 is 28.9 Å². The quantitative estimate of drug-likeness (QED) is 0.580. The zero-order valence-electron chi connectivity index (χ0n) is 21.9. The fourth-order valence-corrected chi connectivity index (χ4v) is 16.8. The molecule has 2 saturated heterocycles. The standard InChI is InChI=1S/C22H41N5O5Si2/c1-13(2)33(14(3)4)30-11-18-19(31-34(32-33,15(5)6)16(7)8)10-20(27(18)17(9)28)26-12-24-22(25-26)21(23)29/h12-16,18-20H,10-11H2,1-9H3,(H2,23,29)/t18-,19+,20?/m1/s1. The third kappa shape index (κ3) is 4.50. The zero-order valence-corrected chi connectivity index (χ0v) is 23.9. The fourth-order valence-electron chi connectivity index (χ4n) is 5.57. The second kappa shape index (κ2) is 9.80. The van der Waals surface area contributed by atoms with Crippen molar-refractivity contribution < 1.29 is 22.6 Å². The average molecular weight is 512 g/mol. The van der Waals surface area contributed by atoms with E-state index >= 15 is 0 Å². The van der Waals surface area contributed by atoms with Crippen LogP contribution >= 0.6 is 0 Å². The van der Waals surface area contributed by atoms with Gasteiger partial charge >= 0.3 is 17.1 Å². The summed E-state index contributed by atoms with van der Waals surface area (Å²) < 4.78 is 22.7. The Balaban J connectivity index is 2.11. The first-order valence-corrected chi connectivity index (χ1v) is 16.2. The highest BCUT2D eigenvalue weighted by Gasteiger charge is 2.61. The second-order valence-electron chi connectivity index (χ2n) is 10.8. The van der Waals surface area contributed by atoms with Crippen molar-refractivity contribution in [2.75, 3.05) is 6.61 Å². The number of fused-ring (bicyclic) bond motifs is 1. The minimum atomic E-state index is -2.80. The van der Waals surface area contributed by atoms with E-state index in [1.807, 2.05) is 0 Å². The van der Waals surface area contributed by atoms with E-state index in [4.69, 9.17) is 18.7 Å². The van der Waals surface area contributed by atoms with E-state index in [2.05, 4.69) is 65.5 Å². The van der Waals surface area contributed by atoms with Gasteiger partial charge in [0.05, 0.1) is 18.8 Å². The number of nitrogens with two attached hydrogens (primary N) is 1. The lowest BCUT2D eigenvalue weighted by Gasteiger charge is -2.51. The van der Waals surface area contributed by atoms with Crippen LogP contribution in [0.15, 0.2) is 6.33 Å². The molecular formula is C22H41N5O5Si2. The summed E-state index contributed by atoms with van der Waals surface area (Å²) in [5.74, 6) is -0.890. The van der Waals surface area contributed by atoms with Crippen molar-refractivity contribution in [3.8, 4) is 0 Å². The van der Waals surface area contributed by atoms with Gasteiger partial charge in [0.15, 0.2) is 0 Å². The minimum Gasteiger partial charge on any atom is -0.414 e. The van der Waals surface area contributed by atoms with Crippen molar-refractivity contribution in [2.24, 2.45) is 5.73 Å². The highest BCUT2D eigenvalue weighted by molar-refractivity contribution is 6.84. The summed E-state index contributed by atoms with van der Waals surface area (Å²) in [6.07, 6.45) is 1.23. The van der Waals surface area contributed by atoms with Gasteiger partial charge in [-0.25, -0.2) is 9.67 Å². The number of aromatic nitrogens is 3. The van der Waals surface area contributed by atoms with Gasteiger partial charge in [-0.15, -0.1) is 5.10 Å². The molecule has 0 bridgehead atoms. The molecule has 10 nitrogen and oxygen atoms in total. The van der Waals surface area contributed by atoms with E-state index in [0.29, 0.717) is 13.0 Å². The van der Waals surface area contributed by atoms with Crippen LogP contribution in [0.25, 0.3) is 0 Å². The smallest absolute Gasteiger partial charge is 0.335 e. The van der Waals surface area contributed by atoms with Crippen molar-refractivity contribution in [2.45, 2.75) is 109 Å². The molecule has 2 fully saturated rings. The number of nitrogens with zero attached hydrogens (tertiary/aromatic N) is 4. The molecule has 1 aromatic rings. The molecule has 1 unspecified atom stereocenters. The van der Waals surface area contributed by atoms with E-state index in [-0.39, 0.29) is 46.0 Å². The Kier molecular flexibility index (Phi) is 7.78. The van der Waals surface area contributed by atoms with Gasteiger partial charge in [0.2, 0.25) is 11.7 Å². The maximum absolute atomic E-state index is 12.9. The summed E-state index contributed by atoms with van der Waals surface area (Å²) in [7, 11) is -5.51. The number of amides is 2. The molecule has 0 radical (unpaired) electrons. The fraction of sp³-hybridized carbons (Fsp3) is 0.818. The predicted octanol–water partition coefficient (Wildman–Crippen LogP) is 3.45. The molecule has 2 N–H and O–H groups in total. The van der Waals surface area contributed by atoms with Gasteiger partial charge in [0.25, 0.3) is 5.91 Å². The van der Waals surface area contributed by atoms with Gasteiger partial charge in [-0.05, 0) is 22.2 Å². The molecule has 2 aliphatic rings. The van der Waals surface area contributed by atoms with Crippen LogP contribution < -0.4 is 5.73 Å². The molecule has 3 heterocycles. The molecule has 0 aromatic carbocycles. The third-order valence-electron chi connectivity index (χ3n) is 7.30. The molecule has 192 valence electrons. The van der Waals surface area contributed by atoms with E-state index in [1.54, 1.807) is 16.5 Å². The first-order valence-electron chi connectivity index (χ1n) is 12.3. The normalized spacial score (nSPS) is 26.7. The number of likely N-dealkylation sites (tertiary alicyclic amines) is 1. The second-order valence-corrected chi connectivity index (χ2v) is 19.6. The minimum absolute atomic E-state index is 0.0764. The number of carbonyl (C=O) groups excluding carboxylic acids is 2. The first-order chi connectivity index (χ1) is 15.8. The Labute approximate surface area is 205 Å². The summed E-state index contributed by atoms with van der Waals surface area (Å²) in [5, 5.41) is 4.25. The van der Waals surface area contributed by atoms with Crippen LogP contribution in [-0.4, -0.2) is 67.4 Å². The molecule has 2 amide bonds. The lowest BCUT2D eigenvalue weighted by molar-refractivity contribution is -0.135. The van der Waals surface area contributed by atoms with Gasteiger partial charge in [0, 0.05) is 13.3 Å². The summed E-state index contributed by atoms with van der Waals surface area (Å²) in [4.78, 5) is 30.3. The Bertz CT molecular complexity index is 890. The summed E-state index contributed by atoms with van der Waals surface area (Å²) in [5.41, 5.74) is 6.17. The van der Waals surface area contributed by atoms with Gasteiger partial charge in [0.1, 0.15) is 12.5 Å². The average Bonchev–Trinajstić information content (AvgIpc) is 3.32. The van der Waals surface area contributed by atoms with Crippen molar-refractivity contribution in [1.82, 2.24) is 19.7 Å². The van der Waals surface area contributed by atoms with Gasteiger partial charge in [-0.2, -0.15) is 0 Å². The SMILES string of the molecule is CC(=O)N1C(n2cnc(C(N)=O)n2)C[C@@H]2O[Si](C(C)C)(C(C)C)O[Si](C(C)C)(C(C)C)OC[C@H]21. The van der Waals surface area contributed by atoms with Crippen molar-refractivity contribution in [3.05, 3.63) is 12.2 Å². The molecule has 34 heavy (non-hydrogen) atoms. The van der Waals surface area contributed by atoms with Crippen LogP contribution in [0.4, 0.5) is 0 Å². The predicted molar refractivity (Wildman–Crippen MR) is 132 cm³/mol. The molecule has 1 aromatic heterocycles. The topological polar surface area (TPSA) is 122 Å². The zero-order chi connectivity index (χ0) is 25.6. The molecule has 0 spiro atoms. The number of primary amides is 1. The summed E-state index contributed by atoms with van der Waals surface area (Å²) in [6, 6.07) is -0.290. The van der Waals surface area contributed by atoms with Crippen LogP contribution in [0.5, 0.6) is 0 Å². The largest absolute Gasteiger partial charge is 0.414 e. The number of hydrogen-bond acceptors (Lipinski definition) is 7. The lowest BCUT2D eigenvalue weighted by atomic mass is 10.2. The maximum atomic E-state index is 12.9. The Hall–Kier alpha value is -1.61. The van der Waals surface area contributed by atoms with Crippen LogP contribution in [-0.2, 0) is 17.8 Å². The van der Waals surface area contributed by atoms with E-state index in [9.17, 15) is 9.59 Å². The Morgan fingerprint density at radius 1 is 1.03 bits per heavy atom. The lowest BCUT2D eigenvalue weighted by Crippen LogP contribution is -2.65. The number of carbonyl (C=O) groups is 2. The third-order valence-corrected chi connectivity index (χ3v) is 17.6. The molecule has 0 saturated carbocycles. The van der Waals surface area contributed by atoms with Crippen molar-refractivity contribution in [1.29, 1.82) is 0 Å². The van der Waals surface area contributed by atoms with Crippen molar-refractivity contribution in [3.63, 3.8) is 0 Å². The Morgan fingerprint density at radius 2 is 1.59 bits per heavy atom. The molecule has 12 heteroatoms. The monoisotopic (exact) mass is 511 g/mol. The van der Waals surface area contributed by atoms with Crippen LogP contribution in [0.1, 0.15) is 85.5 Å². The van der Waals surface area contributed by atoms with Crippen LogP contribution in [0.3, 0.4) is 0 Å². The highest BCUT2D eigenvalue weighted by Crippen LogP contribution is 2.48. The first kappa shape index (κ1) is 27.0. The van der Waals surface area contributed by atoms with Gasteiger partial charge in [-0.3, -0.25) is 9.59 Å². The number of rotatable bonds is 6. The molecule has 2 aliphatic heterocycles. The molecule has 3 atom stereocenters. The summed E-state index contributed by atoms with van der Waals surface area (Å²) in [6.45, 7) is 19.3. The van der Waals surface area contributed by atoms with E-state index in [1.165, 1.54) is 6.33 Å². The molecule has 3 rings (SSSR count). The van der Waals surface area contributed by atoms with E-state index in [0.717, 1.165) is 0 Å². The van der Waals surface area contributed by atoms with Crippen LogP contribution in [0, 0.1) is 0 Å². The maximum Gasteiger partial charge on any atom is 0.335 e. The van der Waals surface area contributed by atoms with E-state index < -0.39 is 29.2 Å². The Morgan fingerprint density at radius 3 is 2.03 bits per heavy atom. The number of hydrogen-bond donors (Lipinski definition) is 1. The van der Waals surface area contributed by atoms with Gasteiger partial charge < -0.3 is 23.6 Å². The summed E-state index contributed by atoms with van der Waals surface area (Å²) >= 11 is 0.